The SMILES string of the molecule is CSc1ccc(F)cc1CNC(=O)C[C@@H]1CCC[C@H]1N. The molecule has 0 aromatic heterocycles. The molecular weight excluding hydrogens is 275 g/mol. The largest absolute Gasteiger partial charge is 0.352 e. The van der Waals surface area contributed by atoms with Crippen LogP contribution in [-0.2, 0) is 11.3 Å². The Kier molecular flexibility index (Phi) is 5.43. The van der Waals surface area contributed by atoms with E-state index in [2.05, 4.69) is 5.32 Å². The lowest BCUT2D eigenvalue weighted by Crippen LogP contribution is -2.31. The van der Waals surface area contributed by atoms with Gasteiger partial charge in [0, 0.05) is 23.9 Å². The first kappa shape index (κ1) is 15.3. The predicted octanol–water partition coefficient (Wildman–Crippen LogP) is 2.68. The van der Waals surface area contributed by atoms with Crippen molar-refractivity contribution >= 4 is 17.7 Å². The van der Waals surface area contributed by atoms with Crippen LogP contribution in [0.4, 0.5) is 4.39 Å². The lowest BCUT2D eigenvalue weighted by molar-refractivity contribution is -0.122. The first-order valence-electron chi connectivity index (χ1n) is 6.95. The summed E-state index contributed by atoms with van der Waals surface area (Å²) in [6, 6.07) is 4.81. The van der Waals surface area contributed by atoms with Gasteiger partial charge in [0.15, 0.2) is 0 Å². The molecule has 1 aromatic carbocycles. The van der Waals surface area contributed by atoms with Gasteiger partial charge in [-0.1, -0.05) is 6.42 Å². The van der Waals surface area contributed by atoms with Gasteiger partial charge in [-0.25, -0.2) is 4.39 Å². The van der Waals surface area contributed by atoms with Crippen molar-refractivity contribution in [3.63, 3.8) is 0 Å². The van der Waals surface area contributed by atoms with Crippen molar-refractivity contribution in [2.75, 3.05) is 6.26 Å². The van der Waals surface area contributed by atoms with Crippen molar-refractivity contribution in [3.05, 3.63) is 29.6 Å². The van der Waals surface area contributed by atoms with Crippen LogP contribution in [0.5, 0.6) is 0 Å². The zero-order chi connectivity index (χ0) is 14.5. The highest BCUT2D eigenvalue weighted by atomic mass is 32.2. The molecule has 1 amide bonds. The summed E-state index contributed by atoms with van der Waals surface area (Å²) in [6.45, 7) is 0.370. The van der Waals surface area contributed by atoms with Crippen LogP contribution in [0, 0.1) is 11.7 Å². The number of nitrogens with two attached hydrogens (primary N) is 1. The number of hydrogen-bond acceptors (Lipinski definition) is 3. The van der Waals surface area contributed by atoms with Gasteiger partial charge in [0.1, 0.15) is 5.82 Å². The molecule has 110 valence electrons. The molecule has 2 atom stereocenters. The van der Waals surface area contributed by atoms with Crippen LogP contribution in [-0.4, -0.2) is 18.2 Å². The second-order valence-corrected chi connectivity index (χ2v) is 6.14. The van der Waals surface area contributed by atoms with Crippen LogP contribution in [0.25, 0.3) is 0 Å². The number of thioether (sulfide) groups is 1. The third-order valence-corrected chi connectivity index (χ3v) is 4.72. The minimum Gasteiger partial charge on any atom is -0.352 e. The van der Waals surface area contributed by atoms with Gasteiger partial charge in [-0.3, -0.25) is 4.79 Å². The lowest BCUT2D eigenvalue weighted by atomic mass is 10.00. The van der Waals surface area contributed by atoms with Crippen molar-refractivity contribution < 1.29 is 9.18 Å². The smallest absolute Gasteiger partial charge is 0.220 e. The van der Waals surface area contributed by atoms with E-state index in [-0.39, 0.29) is 17.8 Å². The van der Waals surface area contributed by atoms with Gasteiger partial charge >= 0.3 is 0 Å². The van der Waals surface area contributed by atoms with Crippen molar-refractivity contribution in [1.82, 2.24) is 5.32 Å². The minimum absolute atomic E-state index is 0.00339. The van der Waals surface area contributed by atoms with Crippen molar-refractivity contribution in [1.29, 1.82) is 0 Å². The third-order valence-electron chi connectivity index (χ3n) is 3.88. The molecule has 2 rings (SSSR count). The fraction of sp³-hybridized carbons (Fsp3) is 0.533. The topological polar surface area (TPSA) is 55.1 Å². The molecule has 1 aliphatic carbocycles. The second-order valence-electron chi connectivity index (χ2n) is 5.29. The average molecular weight is 296 g/mol. The predicted molar refractivity (Wildman–Crippen MR) is 80.0 cm³/mol. The van der Waals surface area contributed by atoms with Crippen LogP contribution in [0.3, 0.4) is 0 Å². The first-order chi connectivity index (χ1) is 9.60. The molecule has 0 radical (unpaired) electrons. The molecule has 0 spiro atoms. The summed E-state index contributed by atoms with van der Waals surface area (Å²) in [5, 5.41) is 2.87. The normalized spacial score (nSPS) is 21.9. The van der Waals surface area contributed by atoms with E-state index in [9.17, 15) is 9.18 Å². The van der Waals surface area contributed by atoms with Crippen LogP contribution in [0.1, 0.15) is 31.2 Å². The monoisotopic (exact) mass is 296 g/mol. The summed E-state index contributed by atoms with van der Waals surface area (Å²) in [5.41, 5.74) is 6.79. The Morgan fingerprint density at radius 3 is 2.95 bits per heavy atom. The zero-order valence-corrected chi connectivity index (χ0v) is 12.5. The van der Waals surface area contributed by atoms with Crippen LogP contribution < -0.4 is 11.1 Å². The number of nitrogens with one attached hydrogen (secondary N) is 1. The number of hydrogen-bond donors (Lipinski definition) is 2. The molecule has 1 aromatic rings. The number of halogens is 1. The maximum atomic E-state index is 13.2. The molecule has 0 saturated heterocycles. The maximum Gasteiger partial charge on any atom is 0.220 e. The summed E-state index contributed by atoms with van der Waals surface area (Å²) in [7, 11) is 0. The molecule has 3 N–H and O–H groups in total. The summed E-state index contributed by atoms with van der Waals surface area (Å²) >= 11 is 1.55. The molecule has 3 nitrogen and oxygen atoms in total. The Bertz CT molecular complexity index is 481. The van der Waals surface area contributed by atoms with Gasteiger partial charge in [0.25, 0.3) is 0 Å². The van der Waals surface area contributed by atoms with Gasteiger partial charge in [0.05, 0.1) is 0 Å². The molecule has 20 heavy (non-hydrogen) atoms. The molecule has 1 fully saturated rings. The molecule has 1 saturated carbocycles. The Hall–Kier alpha value is -1.07. The Labute approximate surface area is 123 Å². The van der Waals surface area contributed by atoms with Crippen LogP contribution in [0.2, 0.25) is 0 Å². The Morgan fingerprint density at radius 1 is 1.50 bits per heavy atom. The first-order valence-corrected chi connectivity index (χ1v) is 8.17. The fourth-order valence-corrected chi connectivity index (χ4v) is 3.31. The summed E-state index contributed by atoms with van der Waals surface area (Å²) in [6.07, 6.45) is 5.57. The maximum absolute atomic E-state index is 13.2. The van der Waals surface area contributed by atoms with E-state index in [4.69, 9.17) is 5.73 Å². The zero-order valence-electron chi connectivity index (χ0n) is 11.7. The molecule has 1 aliphatic rings. The number of rotatable bonds is 5. The molecule has 5 heteroatoms. The van der Waals surface area contributed by atoms with E-state index in [1.54, 1.807) is 17.8 Å². The van der Waals surface area contributed by atoms with Crippen molar-refractivity contribution in [2.24, 2.45) is 11.7 Å². The van der Waals surface area contributed by atoms with E-state index in [1.807, 2.05) is 6.26 Å². The number of amides is 1. The van der Waals surface area contributed by atoms with Gasteiger partial charge in [-0.15, -0.1) is 11.8 Å². The second kappa shape index (κ2) is 7.09. The van der Waals surface area contributed by atoms with Gasteiger partial charge in [-0.2, -0.15) is 0 Å². The van der Waals surface area contributed by atoms with Gasteiger partial charge in [0.2, 0.25) is 5.91 Å². The van der Waals surface area contributed by atoms with Crippen molar-refractivity contribution in [3.8, 4) is 0 Å². The van der Waals surface area contributed by atoms with Crippen LogP contribution in [0.15, 0.2) is 23.1 Å². The van der Waals surface area contributed by atoms with Crippen molar-refractivity contribution in [2.45, 2.75) is 43.2 Å². The summed E-state index contributed by atoms with van der Waals surface area (Å²) < 4.78 is 13.2. The number of benzene rings is 1. The fourth-order valence-electron chi connectivity index (χ4n) is 2.71. The molecule has 0 bridgehead atoms. The number of carbonyl (C=O) groups is 1. The molecule has 0 heterocycles. The summed E-state index contributed by atoms with van der Waals surface area (Å²) in [4.78, 5) is 12.9. The molecule has 0 aliphatic heterocycles. The van der Waals surface area contributed by atoms with E-state index >= 15 is 0 Å². The van der Waals surface area contributed by atoms with E-state index in [0.717, 1.165) is 29.7 Å². The third kappa shape index (κ3) is 3.96. The highest BCUT2D eigenvalue weighted by molar-refractivity contribution is 7.98. The number of carbonyl (C=O) groups excluding carboxylic acids is 1. The minimum atomic E-state index is -0.273. The lowest BCUT2D eigenvalue weighted by Gasteiger charge is -2.15. The quantitative estimate of drug-likeness (QED) is 0.821. The summed E-state index contributed by atoms with van der Waals surface area (Å²) in [5.74, 6) is 0.0241. The highest BCUT2D eigenvalue weighted by Gasteiger charge is 2.25. The highest BCUT2D eigenvalue weighted by Crippen LogP contribution is 2.27. The van der Waals surface area contributed by atoms with E-state index in [0.29, 0.717) is 18.9 Å². The molecule has 0 unspecified atom stereocenters. The van der Waals surface area contributed by atoms with Crippen LogP contribution >= 0.6 is 11.8 Å². The average Bonchev–Trinajstić information content (AvgIpc) is 2.82. The Morgan fingerprint density at radius 2 is 2.30 bits per heavy atom. The van der Waals surface area contributed by atoms with Gasteiger partial charge in [-0.05, 0) is 48.8 Å². The molecular formula is C15H21FN2OS. The standard InChI is InChI=1S/C15H21FN2OS/c1-20-14-6-5-12(16)7-11(14)9-18-15(19)8-10-3-2-4-13(10)17/h5-7,10,13H,2-4,8-9,17H2,1H3,(H,18,19)/t10-,13+/m0/s1. The van der Waals surface area contributed by atoms with E-state index < -0.39 is 0 Å². The van der Waals surface area contributed by atoms with Gasteiger partial charge < -0.3 is 11.1 Å². The Balaban J connectivity index is 1.88. The van der Waals surface area contributed by atoms with E-state index in [1.165, 1.54) is 12.1 Å².